The van der Waals surface area contributed by atoms with E-state index in [4.69, 9.17) is 0 Å². The summed E-state index contributed by atoms with van der Waals surface area (Å²) in [6.45, 7) is 3.88. The number of ether oxygens (including phenoxy) is 2. The van der Waals surface area contributed by atoms with Gasteiger partial charge in [-0.15, -0.1) is 0 Å². The topological polar surface area (TPSA) is 110 Å². The van der Waals surface area contributed by atoms with Crippen LogP contribution in [-0.2, 0) is 19.1 Å². The molecule has 0 aromatic carbocycles. The lowest BCUT2D eigenvalue weighted by Crippen LogP contribution is -2.43. The van der Waals surface area contributed by atoms with Gasteiger partial charge in [0.25, 0.3) is 5.91 Å². The van der Waals surface area contributed by atoms with Crippen LogP contribution in [0.25, 0.3) is 0 Å². The molecular weight excluding hydrogens is 358 g/mol. The third-order valence-corrected chi connectivity index (χ3v) is 3.72. The Morgan fingerprint density at radius 1 is 1.27 bits per heavy atom. The number of carbonyl (C=O) groups excluding carboxylic acids is 3. The van der Waals surface area contributed by atoms with Crippen LogP contribution < -0.4 is 5.32 Å². The smallest absolute Gasteiger partial charge is 0.328 e. The number of H-pyrrole nitrogens is 1. The Balaban J connectivity index is 2.91. The van der Waals surface area contributed by atoms with Crippen molar-refractivity contribution in [2.24, 2.45) is 0 Å². The van der Waals surface area contributed by atoms with Crippen molar-refractivity contribution in [1.29, 1.82) is 0 Å². The molecule has 0 unspecified atom stereocenters. The van der Waals surface area contributed by atoms with E-state index >= 15 is 0 Å². The van der Waals surface area contributed by atoms with E-state index in [-0.39, 0.29) is 18.0 Å². The molecule has 122 valence electrons. The molecule has 1 heterocycles. The molecule has 0 radical (unpaired) electrons. The monoisotopic (exact) mass is 375 g/mol. The Morgan fingerprint density at radius 2 is 1.91 bits per heavy atom. The second-order valence-electron chi connectivity index (χ2n) is 4.78. The molecule has 22 heavy (non-hydrogen) atoms. The number of carbonyl (C=O) groups is 3. The summed E-state index contributed by atoms with van der Waals surface area (Å²) >= 11 is 3.30. The summed E-state index contributed by atoms with van der Waals surface area (Å²) in [6.07, 6.45) is -0.325. The van der Waals surface area contributed by atoms with Crippen LogP contribution in [0.1, 0.15) is 42.4 Å². The summed E-state index contributed by atoms with van der Waals surface area (Å²) in [5.74, 6) is -1.85. The molecule has 0 aliphatic carbocycles. The molecule has 8 nitrogen and oxygen atoms in total. The first-order chi connectivity index (χ1) is 10.3. The van der Waals surface area contributed by atoms with E-state index < -0.39 is 23.9 Å². The zero-order valence-corrected chi connectivity index (χ0v) is 14.3. The van der Waals surface area contributed by atoms with Gasteiger partial charge in [-0.3, -0.25) is 14.7 Å². The van der Waals surface area contributed by atoms with Crippen molar-refractivity contribution in [2.75, 3.05) is 14.2 Å². The first-order valence-corrected chi connectivity index (χ1v) is 7.30. The number of amides is 1. The summed E-state index contributed by atoms with van der Waals surface area (Å²) < 4.78 is 9.58. The fourth-order valence-electron chi connectivity index (χ4n) is 1.69. The van der Waals surface area contributed by atoms with Crippen LogP contribution in [0.4, 0.5) is 0 Å². The first-order valence-electron chi connectivity index (χ1n) is 6.51. The summed E-state index contributed by atoms with van der Waals surface area (Å²) in [7, 11) is 2.36. The minimum atomic E-state index is -1.14. The second kappa shape index (κ2) is 7.92. The highest BCUT2D eigenvalue weighted by molar-refractivity contribution is 9.10. The Morgan fingerprint density at radius 3 is 2.36 bits per heavy atom. The van der Waals surface area contributed by atoms with Crippen LogP contribution in [0.2, 0.25) is 0 Å². The predicted octanol–water partition coefficient (Wildman–Crippen LogP) is 1.13. The SMILES string of the molecule is COC(=O)C[C@H](NC(=O)c1n[nH]c(C(C)C)c1Br)C(=O)OC. The fourth-order valence-corrected chi connectivity index (χ4v) is 2.50. The van der Waals surface area contributed by atoms with Crippen molar-refractivity contribution in [2.45, 2.75) is 32.2 Å². The van der Waals surface area contributed by atoms with Crippen LogP contribution in [0.5, 0.6) is 0 Å². The van der Waals surface area contributed by atoms with Gasteiger partial charge >= 0.3 is 11.9 Å². The lowest BCUT2D eigenvalue weighted by Gasteiger charge is -2.14. The highest BCUT2D eigenvalue weighted by Gasteiger charge is 2.28. The minimum Gasteiger partial charge on any atom is -0.469 e. The van der Waals surface area contributed by atoms with Gasteiger partial charge in [-0.05, 0) is 21.8 Å². The number of aromatic nitrogens is 2. The number of methoxy groups -OCH3 is 2. The molecule has 1 amide bonds. The third-order valence-electron chi connectivity index (χ3n) is 2.91. The number of esters is 2. The summed E-state index contributed by atoms with van der Waals surface area (Å²) in [4.78, 5) is 35.2. The van der Waals surface area contributed by atoms with Crippen molar-refractivity contribution >= 4 is 33.8 Å². The molecule has 0 saturated carbocycles. The van der Waals surface area contributed by atoms with E-state index in [2.05, 4.69) is 40.9 Å². The van der Waals surface area contributed by atoms with Crippen LogP contribution in [0, 0.1) is 0 Å². The summed E-state index contributed by atoms with van der Waals surface area (Å²) in [5, 5.41) is 9.10. The van der Waals surface area contributed by atoms with E-state index in [1.165, 1.54) is 14.2 Å². The number of aromatic amines is 1. The molecule has 0 bridgehead atoms. The zero-order valence-electron chi connectivity index (χ0n) is 12.7. The maximum absolute atomic E-state index is 12.2. The van der Waals surface area contributed by atoms with E-state index in [1.807, 2.05) is 13.8 Å². The van der Waals surface area contributed by atoms with E-state index in [9.17, 15) is 14.4 Å². The molecular formula is C13H18BrN3O5. The number of hydrogen-bond donors (Lipinski definition) is 2. The van der Waals surface area contributed by atoms with Gasteiger partial charge in [0.05, 0.1) is 30.8 Å². The van der Waals surface area contributed by atoms with Gasteiger partial charge in [-0.1, -0.05) is 13.8 Å². The van der Waals surface area contributed by atoms with Crippen molar-refractivity contribution in [3.63, 3.8) is 0 Å². The largest absolute Gasteiger partial charge is 0.469 e. The maximum atomic E-state index is 12.2. The molecule has 1 atom stereocenters. The van der Waals surface area contributed by atoms with Gasteiger partial charge in [0.2, 0.25) is 0 Å². The van der Waals surface area contributed by atoms with E-state index in [0.29, 0.717) is 4.47 Å². The Bertz CT molecular complexity index is 570. The lowest BCUT2D eigenvalue weighted by molar-refractivity contribution is -0.149. The molecule has 0 saturated heterocycles. The second-order valence-corrected chi connectivity index (χ2v) is 5.58. The van der Waals surface area contributed by atoms with Crippen LogP contribution >= 0.6 is 15.9 Å². The number of hydrogen-bond acceptors (Lipinski definition) is 6. The molecule has 1 aromatic heterocycles. The molecule has 0 aliphatic rings. The molecule has 9 heteroatoms. The average molecular weight is 376 g/mol. The van der Waals surface area contributed by atoms with Crippen LogP contribution in [-0.4, -0.2) is 48.3 Å². The maximum Gasteiger partial charge on any atom is 0.328 e. The standard InChI is InChI=1S/C13H18BrN3O5/c1-6(2)10-9(14)11(17-16-10)12(19)15-7(13(20)22-4)5-8(18)21-3/h6-7H,5H2,1-4H3,(H,15,19)(H,16,17)/t7-/m0/s1. The fraction of sp³-hybridized carbons (Fsp3) is 0.538. The summed E-state index contributed by atoms with van der Waals surface area (Å²) in [5.41, 5.74) is 0.857. The van der Waals surface area contributed by atoms with Crippen molar-refractivity contribution in [1.82, 2.24) is 15.5 Å². The Hall–Kier alpha value is -1.90. The Kier molecular flexibility index (Phi) is 6.54. The minimum absolute atomic E-state index is 0.0995. The number of nitrogens with one attached hydrogen (secondary N) is 2. The van der Waals surface area contributed by atoms with Crippen molar-refractivity contribution in [3.05, 3.63) is 15.9 Å². The molecule has 0 aliphatic heterocycles. The zero-order chi connectivity index (χ0) is 16.9. The molecule has 0 fully saturated rings. The number of nitrogens with zero attached hydrogens (tertiary/aromatic N) is 1. The van der Waals surface area contributed by atoms with Gasteiger partial charge in [-0.25, -0.2) is 4.79 Å². The Labute approximate surface area is 136 Å². The molecule has 0 spiro atoms. The van der Waals surface area contributed by atoms with Crippen molar-refractivity contribution in [3.8, 4) is 0 Å². The highest BCUT2D eigenvalue weighted by Crippen LogP contribution is 2.25. The van der Waals surface area contributed by atoms with Gasteiger partial charge in [0, 0.05) is 0 Å². The third kappa shape index (κ3) is 4.30. The quantitative estimate of drug-likeness (QED) is 0.721. The van der Waals surface area contributed by atoms with E-state index in [1.54, 1.807) is 0 Å². The number of halogens is 1. The highest BCUT2D eigenvalue weighted by atomic mass is 79.9. The molecule has 2 N–H and O–H groups in total. The van der Waals surface area contributed by atoms with Gasteiger partial charge in [-0.2, -0.15) is 5.10 Å². The number of rotatable bonds is 6. The van der Waals surface area contributed by atoms with Gasteiger partial charge in [0.15, 0.2) is 5.69 Å². The lowest BCUT2D eigenvalue weighted by atomic mass is 10.1. The molecule has 1 aromatic rings. The summed E-state index contributed by atoms with van der Waals surface area (Å²) in [6, 6.07) is -1.14. The van der Waals surface area contributed by atoms with Crippen LogP contribution in [0.3, 0.4) is 0 Å². The van der Waals surface area contributed by atoms with Crippen molar-refractivity contribution < 1.29 is 23.9 Å². The van der Waals surface area contributed by atoms with Gasteiger partial charge in [0.1, 0.15) is 6.04 Å². The van der Waals surface area contributed by atoms with E-state index in [0.717, 1.165) is 5.69 Å². The normalized spacial score (nSPS) is 11.9. The predicted molar refractivity (Wildman–Crippen MR) is 80.3 cm³/mol. The van der Waals surface area contributed by atoms with Gasteiger partial charge < -0.3 is 14.8 Å². The molecule has 1 rings (SSSR count). The average Bonchev–Trinajstić information content (AvgIpc) is 2.87. The van der Waals surface area contributed by atoms with Crippen LogP contribution in [0.15, 0.2) is 4.47 Å². The first kappa shape index (κ1) is 18.1.